The van der Waals surface area contributed by atoms with E-state index in [0.29, 0.717) is 0 Å². The first-order chi connectivity index (χ1) is 10.8. The van der Waals surface area contributed by atoms with Gasteiger partial charge in [0.25, 0.3) is 0 Å². The summed E-state index contributed by atoms with van der Waals surface area (Å²) in [5, 5.41) is 6.64. The summed E-state index contributed by atoms with van der Waals surface area (Å²) in [6, 6.07) is 4.27. The molecule has 130 valence electrons. The minimum absolute atomic E-state index is 0. The van der Waals surface area contributed by atoms with E-state index in [1.165, 1.54) is 31.2 Å². The molecule has 6 heteroatoms. The lowest BCUT2D eigenvalue weighted by molar-refractivity contribution is 0.726. The number of aliphatic imine (C=N–C) groups is 1. The Morgan fingerprint density at radius 3 is 2.61 bits per heavy atom. The van der Waals surface area contributed by atoms with E-state index >= 15 is 0 Å². The predicted octanol–water partition coefficient (Wildman–Crippen LogP) is 3.16. The number of nitrogens with one attached hydrogen (secondary N) is 2. The van der Waals surface area contributed by atoms with Crippen LogP contribution in [0.3, 0.4) is 0 Å². The van der Waals surface area contributed by atoms with Gasteiger partial charge < -0.3 is 15.5 Å². The summed E-state index contributed by atoms with van der Waals surface area (Å²) >= 11 is 0. The molecule has 23 heavy (non-hydrogen) atoms. The molecule has 2 rings (SSSR count). The molecule has 0 radical (unpaired) electrons. The number of rotatable bonds is 5. The maximum Gasteiger partial charge on any atom is 0.191 e. The van der Waals surface area contributed by atoms with Gasteiger partial charge in [0.05, 0.1) is 0 Å². The summed E-state index contributed by atoms with van der Waals surface area (Å²) in [5.74, 6) is 1.97. The smallest absolute Gasteiger partial charge is 0.191 e. The number of aromatic nitrogens is 1. The Kier molecular flexibility index (Phi) is 9.98. The molecule has 0 amide bonds. The fourth-order valence-corrected chi connectivity index (χ4v) is 2.69. The first kappa shape index (κ1) is 20.0. The molecule has 0 spiro atoms. The van der Waals surface area contributed by atoms with Crippen molar-refractivity contribution in [1.82, 2.24) is 15.6 Å². The Bertz CT molecular complexity index is 470. The van der Waals surface area contributed by atoms with Crippen LogP contribution in [0.5, 0.6) is 0 Å². The Hall–Kier alpha value is -1.05. The Labute approximate surface area is 157 Å². The molecule has 1 saturated heterocycles. The summed E-state index contributed by atoms with van der Waals surface area (Å²) in [5.41, 5.74) is 1.24. The van der Waals surface area contributed by atoms with Crippen LogP contribution in [0, 0.1) is 0 Å². The van der Waals surface area contributed by atoms with Gasteiger partial charge in [-0.25, -0.2) is 4.98 Å². The monoisotopic (exact) mass is 431 g/mol. The molecule has 1 aromatic rings. The molecule has 5 nitrogen and oxygen atoms in total. The normalized spacial score (nSPS) is 15.6. The lowest BCUT2D eigenvalue weighted by Gasteiger charge is -2.22. The third kappa shape index (κ3) is 6.93. The first-order valence-electron chi connectivity index (χ1n) is 8.48. The summed E-state index contributed by atoms with van der Waals surface area (Å²) in [4.78, 5) is 11.2. The van der Waals surface area contributed by atoms with Crippen LogP contribution in [-0.4, -0.2) is 37.6 Å². The Balaban J connectivity index is 0.00000264. The summed E-state index contributed by atoms with van der Waals surface area (Å²) < 4.78 is 0. The van der Waals surface area contributed by atoms with Gasteiger partial charge in [-0.2, -0.15) is 0 Å². The molecule has 2 N–H and O–H groups in total. The van der Waals surface area contributed by atoms with Crippen LogP contribution in [-0.2, 0) is 6.54 Å². The highest BCUT2D eigenvalue weighted by atomic mass is 127. The SMILES string of the molecule is CCCNC(=NC)NCc1ccnc(N2CCCCCC2)c1.I. The van der Waals surface area contributed by atoms with Crippen molar-refractivity contribution in [2.24, 2.45) is 4.99 Å². The van der Waals surface area contributed by atoms with Gasteiger partial charge in [0.1, 0.15) is 5.82 Å². The van der Waals surface area contributed by atoms with E-state index in [0.717, 1.165) is 44.4 Å². The second-order valence-corrected chi connectivity index (χ2v) is 5.78. The van der Waals surface area contributed by atoms with Gasteiger partial charge in [0, 0.05) is 39.4 Å². The topological polar surface area (TPSA) is 52.6 Å². The molecule has 2 heterocycles. The van der Waals surface area contributed by atoms with Crippen molar-refractivity contribution in [3.63, 3.8) is 0 Å². The van der Waals surface area contributed by atoms with Gasteiger partial charge in [0.2, 0.25) is 0 Å². The van der Waals surface area contributed by atoms with Crippen molar-refractivity contribution in [3.05, 3.63) is 23.9 Å². The van der Waals surface area contributed by atoms with E-state index in [1.54, 1.807) is 7.05 Å². The van der Waals surface area contributed by atoms with Gasteiger partial charge in [-0.05, 0) is 37.0 Å². The molecule has 0 unspecified atom stereocenters. The van der Waals surface area contributed by atoms with Gasteiger partial charge in [0.15, 0.2) is 5.96 Å². The number of halogens is 1. The van der Waals surface area contributed by atoms with E-state index in [2.05, 4.69) is 44.6 Å². The highest BCUT2D eigenvalue weighted by Crippen LogP contribution is 2.18. The van der Waals surface area contributed by atoms with Gasteiger partial charge in [-0.3, -0.25) is 4.99 Å². The number of hydrogen-bond acceptors (Lipinski definition) is 3. The standard InChI is InChI=1S/C17H29N5.HI/c1-3-9-20-17(18-2)21-14-15-8-10-19-16(13-15)22-11-6-4-5-7-12-22;/h8,10,13H,3-7,9,11-12,14H2,1-2H3,(H2,18,20,21);1H. The second kappa shape index (κ2) is 11.5. The molecule has 1 fully saturated rings. The fraction of sp³-hybridized carbons (Fsp3) is 0.647. The van der Waals surface area contributed by atoms with Crippen LogP contribution in [0.4, 0.5) is 5.82 Å². The van der Waals surface area contributed by atoms with E-state index in [1.807, 2.05) is 6.20 Å². The highest BCUT2D eigenvalue weighted by Gasteiger charge is 2.11. The van der Waals surface area contributed by atoms with Gasteiger partial charge >= 0.3 is 0 Å². The van der Waals surface area contributed by atoms with Crippen LogP contribution in [0.2, 0.25) is 0 Å². The summed E-state index contributed by atoms with van der Waals surface area (Å²) in [7, 11) is 1.81. The largest absolute Gasteiger partial charge is 0.357 e. The van der Waals surface area contributed by atoms with Crippen molar-refractivity contribution in [3.8, 4) is 0 Å². The van der Waals surface area contributed by atoms with Crippen molar-refractivity contribution < 1.29 is 0 Å². The van der Waals surface area contributed by atoms with Crippen LogP contribution in [0.1, 0.15) is 44.6 Å². The van der Waals surface area contributed by atoms with Crippen LogP contribution >= 0.6 is 24.0 Å². The van der Waals surface area contributed by atoms with Crippen LogP contribution in [0.25, 0.3) is 0 Å². The molecule has 0 bridgehead atoms. The van der Waals surface area contributed by atoms with Crippen LogP contribution in [0.15, 0.2) is 23.3 Å². The van der Waals surface area contributed by atoms with Crippen molar-refractivity contribution in [2.45, 2.75) is 45.6 Å². The number of anilines is 1. The molecule has 1 aromatic heterocycles. The van der Waals surface area contributed by atoms with E-state index < -0.39 is 0 Å². The minimum Gasteiger partial charge on any atom is -0.357 e. The average molecular weight is 431 g/mol. The van der Waals surface area contributed by atoms with Gasteiger partial charge in [-0.15, -0.1) is 24.0 Å². The van der Waals surface area contributed by atoms with Crippen molar-refractivity contribution in [2.75, 3.05) is 31.6 Å². The third-order valence-electron chi connectivity index (χ3n) is 3.97. The number of hydrogen-bond donors (Lipinski definition) is 2. The molecule has 0 aliphatic carbocycles. The van der Waals surface area contributed by atoms with Gasteiger partial charge in [-0.1, -0.05) is 19.8 Å². The first-order valence-corrected chi connectivity index (χ1v) is 8.48. The second-order valence-electron chi connectivity index (χ2n) is 5.78. The Morgan fingerprint density at radius 1 is 1.22 bits per heavy atom. The number of pyridine rings is 1. The lowest BCUT2D eigenvalue weighted by Crippen LogP contribution is -2.37. The maximum absolute atomic E-state index is 4.55. The Morgan fingerprint density at radius 2 is 1.96 bits per heavy atom. The average Bonchev–Trinajstić information content (AvgIpc) is 2.85. The zero-order valence-corrected chi connectivity index (χ0v) is 16.7. The minimum atomic E-state index is 0. The molecular weight excluding hydrogens is 401 g/mol. The molecule has 1 aliphatic rings. The third-order valence-corrected chi connectivity index (χ3v) is 3.97. The van der Waals surface area contributed by atoms with E-state index in [4.69, 9.17) is 0 Å². The maximum atomic E-state index is 4.55. The summed E-state index contributed by atoms with van der Waals surface area (Å²) in [6.45, 7) is 6.12. The molecule has 0 saturated carbocycles. The highest BCUT2D eigenvalue weighted by molar-refractivity contribution is 14.0. The molecule has 1 aliphatic heterocycles. The summed E-state index contributed by atoms with van der Waals surface area (Å²) in [6.07, 6.45) is 8.25. The molecular formula is C17H30IN5. The van der Waals surface area contributed by atoms with Crippen molar-refractivity contribution in [1.29, 1.82) is 0 Å². The number of guanidine groups is 1. The number of nitrogens with zero attached hydrogens (tertiary/aromatic N) is 3. The van der Waals surface area contributed by atoms with Crippen LogP contribution < -0.4 is 15.5 Å². The molecule has 0 aromatic carbocycles. The van der Waals surface area contributed by atoms with Crippen molar-refractivity contribution >= 4 is 35.8 Å². The zero-order valence-electron chi connectivity index (χ0n) is 14.3. The fourth-order valence-electron chi connectivity index (χ4n) is 2.69. The van der Waals surface area contributed by atoms with E-state index in [-0.39, 0.29) is 24.0 Å². The quantitative estimate of drug-likeness (QED) is 0.427. The molecule has 0 atom stereocenters. The van der Waals surface area contributed by atoms with E-state index in [9.17, 15) is 0 Å². The predicted molar refractivity (Wildman–Crippen MR) is 109 cm³/mol. The zero-order chi connectivity index (χ0) is 15.6. The lowest BCUT2D eigenvalue weighted by atomic mass is 10.2.